The van der Waals surface area contributed by atoms with Gasteiger partial charge in [-0.1, -0.05) is 0 Å². The SMILES string of the molecule is O=C(O)CN1OC(CO)CC1=O. The predicted molar refractivity (Wildman–Crippen MR) is 35.9 cm³/mol. The number of carbonyl (C=O) groups is 2. The largest absolute Gasteiger partial charge is 0.480 e. The fourth-order valence-electron chi connectivity index (χ4n) is 0.919. The number of aliphatic hydroxyl groups excluding tert-OH is 1. The minimum absolute atomic E-state index is 0.0454. The first-order chi connectivity index (χ1) is 5.63. The molecular weight excluding hydrogens is 166 g/mol. The van der Waals surface area contributed by atoms with Crippen molar-refractivity contribution in [3.8, 4) is 0 Å². The van der Waals surface area contributed by atoms with Crippen molar-refractivity contribution in [1.29, 1.82) is 0 Å². The van der Waals surface area contributed by atoms with E-state index in [9.17, 15) is 9.59 Å². The standard InChI is InChI=1S/C6H9NO5/c8-3-4-1-5(9)7(12-4)2-6(10)11/h4,8H,1-3H2,(H,10,11). The molecule has 0 radical (unpaired) electrons. The summed E-state index contributed by atoms with van der Waals surface area (Å²) in [5, 5.41) is 17.7. The number of hydrogen-bond acceptors (Lipinski definition) is 4. The maximum Gasteiger partial charge on any atom is 0.325 e. The molecule has 0 saturated carbocycles. The number of aliphatic hydroxyl groups is 1. The summed E-state index contributed by atoms with van der Waals surface area (Å²) >= 11 is 0. The average molecular weight is 175 g/mol. The summed E-state index contributed by atoms with van der Waals surface area (Å²) in [6, 6.07) is 0. The zero-order chi connectivity index (χ0) is 9.14. The quantitative estimate of drug-likeness (QED) is 0.550. The van der Waals surface area contributed by atoms with Gasteiger partial charge in [-0.25, -0.2) is 5.06 Å². The van der Waals surface area contributed by atoms with Crippen LogP contribution in [0, 0.1) is 0 Å². The Morgan fingerprint density at radius 1 is 1.75 bits per heavy atom. The molecular formula is C6H9NO5. The molecule has 6 heteroatoms. The van der Waals surface area contributed by atoms with E-state index >= 15 is 0 Å². The molecule has 6 nitrogen and oxygen atoms in total. The Morgan fingerprint density at radius 3 is 2.83 bits per heavy atom. The van der Waals surface area contributed by atoms with Crippen molar-refractivity contribution in [2.45, 2.75) is 12.5 Å². The molecule has 1 amide bonds. The van der Waals surface area contributed by atoms with Crippen molar-refractivity contribution in [3.63, 3.8) is 0 Å². The van der Waals surface area contributed by atoms with E-state index < -0.39 is 24.5 Å². The predicted octanol–water partition coefficient (Wildman–Crippen LogP) is -1.40. The van der Waals surface area contributed by atoms with Crippen LogP contribution >= 0.6 is 0 Å². The Bertz CT molecular complexity index is 204. The highest BCUT2D eigenvalue weighted by molar-refractivity contribution is 5.81. The molecule has 68 valence electrons. The van der Waals surface area contributed by atoms with Gasteiger partial charge in [-0.15, -0.1) is 0 Å². The Balaban J connectivity index is 2.46. The number of nitrogens with zero attached hydrogens (tertiary/aromatic N) is 1. The molecule has 0 aromatic heterocycles. The van der Waals surface area contributed by atoms with Gasteiger partial charge >= 0.3 is 5.97 Å². The lowest BCUT2D eigenvalue weighted by atomic mass is 10.3. The number of rotatable bonds is 3. The molecule has 0 spiro atoms. The summed E-state index contributed by atoms with van der Waals surface area (Å²) in [5.41, 5.74) is 0. The molecule has 1 aliphatic rings. The van der Waals surface area contributed by atoms with Gasteiger partial charge in [0.05, 0.1) is 13.0 Å². The third kappa shape index (κ3) is 1.93. The number of aliphatic carboxylic acids is 1. The summed E-state index contributed by atoms with van der Waals surface area (Å²) in [5.74, 6) is -1.54. The molecule has 1 heterocycles. The van der Waals surface area contributed by atoms with E-state index in [1.165, 1.54) is 0 Å². The first-order valence-corrected chi connectivity index (χ1v) is 3.43. The van der Waals surface area contributed by atoms with E-state index in [0.29, 0.717) is 0 Å². The van der Waals surface area contributed by atoms with Crippen LogP contribution in [0.5, 0.6) is 0 Å². The van der Waals surface area contributed by atoms with E-state index in [0.717, 1.165) is 5.06 Å². The smallest absolute Gasteiger partial charge is 0.325 e. The summed E-state index contributed by atoms with van der Waals surface area (Å²) < 4.78 is 0. The molecule has 1 atom stereocenters. The number of hydroxylamine groups is 2. The molecule has 1 unspecified atom stereocenters. The zero-order valence-electron chi connectivity index (χ0n) is 6.27. The van der Waals surface area contributed by atoms with Crippen LogP contribution < -0.4 is 0 Å². The molecule has 1 aliphatic heterocycles. The fourth-order valence-corrected chi connectivity index (χ4v) is 0.919. The normalized spacial score (nSPS) is 23.2. The van der Waals surface area contributed by atoms with Gasteiger partial charge in [0.15, 0.2) is 0 Å². The Kier molecular flexibility index (Phi) is 2.61. The lowest BCUT2D eigenvalue weighted by molar-refractivity contribution is -0.184. The van der Waals surface area contributed by atoms with Gasteiger partial charge in [0, 0.05) is 0 Å². The summed E-state index contributed by atoms with van der Waals surface area (Å²) in [6.45, 7) is -0.753. The van der Waals surface area contributed by atoms with Crippen LogP contribution in [0.25, 0.3) is 0 Å². The van der Waals surface area contributed by atoms with Gasteiger partial charge in [-0.3, -0.25) is 14.4 Å². The van der Waals surface area contributed by atoms with Crippen LogP contribution in [0.2, 0.25) is 0 Å². The van der Waals surface area contributed by atoms with Crippen LogP contribution in [0.3, 0.4) is 0 Å². The molecule has 0 bridgehead atoms. The zero-order valence-corrected chi connectivity index (χ0v) is 6.27. The van der Waals surface area contributed by atoms with E-state index in [4.69, 9.17) is 15.1 Å². The molecule has 1 rings (SSSR count). The van der Waals surface area contributed by atoms with Crippen LogP contribution in [0.1, 0.15) is 6.42 Å². The third-order valence-corrected chi connectivity index (χ3v) is 1.44. The van der Waals surface area contributed by atoms with Gasteiger partial charge in [0.25, 0.3) is 0 Å². The molecule has 1 fully saturated rings. The van der Waals surface area contributed by atoms with E-state index in [1.807, 2.05) is 0 Å². The van der Waals surface area contributed by atoms with Gasteiger partial charge in [-0.2, -0.15) is 0 Å². The lowest BCUT2D eigenvalue weighted by Gasteiger charge is -2.12. The Hall–Kier alpha value is -1.14. The Labute approximate surface area is 68.3 Å². The molecule has 0 aromatic rings. The number of amides is 1. The second-order valence-corrected chi connectivity index (χ2v) is 2.44. The average Bonchev–Trinajstić information content (AvgIpc) is 2.31. The number of hydrogen-bond donors (Lipinski definition) is 2. The molecule has 1 saturated heterocycles. The first-order valence-electron chi connectivity index (χ1n) is 3.43. The second-order valence-electron chi connectivity index (χ2n) is 2.44. The minimum Gasteiger partial charge on any atom is -0.480 e. The number of carbonyl (C=O) groups excluding carboxylic acids is 1. The van der Waals surface area contributed by atoms with Gasteiger partial charge in [0.1, 0.15) is 12.6 Å². The molecule has 0 aromatic carbocycles. The molecule has 2 N–H and O–H groups in total. The fraction of sp³-hybridized carbons (Fsp3) is 0.667. The van der Waals surface area contributed by atoms with Crippen molar-refractivity contribution in [1.82, 2.24) is 5.06 Å². The molecule has 12 heavy (non-hydrogen) atoms. The first kappa shape index (κ1) is 8.95. The maximum atomic E-state index is 10.9. The summed E-state index contributed by atoms with van der Waals surface area (Å²) in [6.07, 6.45) is -0.541. The highest BCUT2D eigenvalue weighted by Crippen LogP contribution is 2.13. The minimum atomic E-state index is -1.14. The van der Waals surface area contributed by atoms with Crippen LogP contribution in [-0.4, -0.2) is 46.4 Å². The van der Waals surface area contributed by atoms with E-state index in [-0.39, 0.29) is 13.0 Å². The van der Waals surface area contributed by atoms with E-state index in [2.05, 4.69) is 0 Å². The van der Waals surface area contributed by atoms with Crippen molar-refractivity contribution < 1.29 is 24.6 Å². The van der Waals surface area contributed by atoms with Crippen LogP contribution in [0.4, 0.5) is 0 Å². The van der Waals surface area contributed by atoms with Crippen molar-refractivity contribution in [3.05, 3.63) is 0 Å². The lowest BCUT2D eigenvalue weighted by Crippen LogP contribution is -2.30. The van der Waals surface area contributed by atoms with Crippen molar-refractivity contribution in [2.24, 2.45) is 0 Å². The highest BCUT2D eigenvalue weighted by Gasteiger charge is 2.31. The van der Waals surface area contributed by atoms with Gasteiger partial charge in [-0.05, 0) is 0 Å². The van der Waals surface area contributed by atoms with Crippen molar-refractivity contribution >= 4 is 11.9 Å². The number of carboxylic acids is 1. The highest BCUT2D eigenvalue weighted by atomic mass is 16.7. The van der Waals surface area contributed by atoms with E-state index in [1.54, 1.807) is 0 Å². The third-order valence-electron chi connectivity index (χ3n) is 1.44. The van der Waals surface area contributed by atoms with Gasteiger partial charge < -0.3 is 10.2 Å². The van der Waals surface area contributed by atoms with Gasteiger partial charge in [0.2, 0.25) is 5.91 Å². The van der Waals surface area contributed by atoms with Crippen LogP contribution in [0.15, 0.2) is 0 Å². The molecule has 0 aliphatic carbocycles. The monoisotopic (exact) mass is 175 g/mol. The summed E-state index contributed by atoms with van der Waals surface area (Å²) in [4.78, 5) is 25.9. The Morgan fingerprint density at radius 2 is 2.42 bits per heavy atom. The van der Waals surface area contributed by atoms with Crippen molar-refractivity contribution in [2.75, 3.05) is 13.2 Å². The maximum absolute atomic E-state index is 10.9. The number of carboxylic acid groups (broad SMARTS) is 1. The van der Waals surface area contributed by atoms with Crippen LogP contribution in [-0.2, 0) is 14.4 Å². The topological polar surface area (TPSA) is 87.1 Å². The summed E-state index contributed by atoms with van der Waals surface area (Å²) in [7, 11) is 0. The second kappa shape index (κ2) is 3.51.